The van der Waals surface area contributed by atoms with Gasteiger partial charge in [0.1, 0.15) is 9.84 Å². The average molecular weight is 236 g/mol. The lowest BCUT2D eigenvalue weighted by atomic mass is 10.3. The van der Waals surface area contributed by atoms with E-state index in [1.54, 1.807) is 0 Å². The zero-order valence-electron chi connectivity index (χ0n) is 10.3. The van der Waals surface area contributed by atoms with E-state index in [1.165, 1.54) is 6.26 Å². The van der Waals surface area contributed by atoms with Crippen LogP contribution in [-0.2, 0) is 9.84 Å². The minimum atomic E-state index is -2.84. The first-order valence-corrected chi connectivity index (χ1v) is 7.58. The van der Waals surface area contributed by atoms with Gasteiger partial charge >= 0.3 is 0 Å². The summed E-state index contributed by atoms with van der Waals surface area (Å²) < 4.78 is 21.8. The number of nitrogens with one attached hydrogen (secondary N) is 1. The molecule has 0 aliphatic heterocycles. The number of nitrogens with zero attached hydrogens (tertiary/aromatic N) is 1. The Kier molecular flexibility index (Phi) is 7.13. The van der Waals surface area contributed by atoms with E-state index >= 15 is 0 Å². The fourth-order valence-corrected chi connectivity index (χ4v) is 1.91. The van der Waals surface area contributed by atoms with Gasteiger partial charge in [0.2, 0.25) is 0 Å². The first-order valence-electron chi connectivity index (χ1n) is 5.52. The predicted octanol–water partition coefficient (Wildman–Crippen LogP) is 0.351. The van der Waals surface area contributed by atoms with Crippen LogP contribution in [0.3, 0.4) is 0 Å². The summed E-state index contributed by atoms with van der Waals surface area (Å²) in [5.74, 6) is 0.218. The van der Waals surface area contributed by atoms with Crippen molar-refractivity contribution < 1.29 is 8.42 Å². The molecular formula is C10H24N2O2S. The van der Waals surface area contributed by atoms with Crippen LogP contribution in [0.2, 0.25) is 0 Å². The maximum atomic E-state index is 10.9. The van der Waals surface area contributed by atoms with Gasteiger partial charge in [-0.3, -0.25) is 0 Å². The maximum absolute atomic E-state index is 10.9. The summed E-state index contributed by atoms with van der Waals surface area (Å²) in [6.45, 7) is 9.93. The molecule has 0 aromatic rings. The quantitative estimate of drug-likeness (QED) is 0.661. The molecular weight excluding hydrogens is 212 g/mol. The summed E-state index contributed by atoms with van der Waals surface area (Å²) >= 11 is 0. The molecule has 0 radical (unpaired) electrons. The molecule has 0 aliphatic carbocycles. The molecule has 0 saturated heterocycles. The van der Waals surface area contributed by atoms with Gasteiger partial charge in [-0.2, -0.15) is 0 Å². The lowest BCUT2D eigenvalue weighted by Gasteiger charge is -2.23. The second-order valence-electron chi connectivity index (χ2n) is 3.97. The monoisotopic (exact) mass is 236 g/mol. The first kappa shape index (κ1) is 14.9. The molecule has 0 saturated carbocycles. The van der Waals surface area contributed by atoms with Crippen LogP contribution in [0.5, 0.6) is 0 Å². The van der Waals surface area contributed by atoms with Crippen LogP contribution in [-0.4, -0.2) is 57.5 Å². The van der Waals surface area contributed by atoms with Crippen LogP contribution in [0.15, 0.2) is 0 Å². The standard InChI is InChI=1S/C10H24N2O2S/c1-5-12(6-2)9-10(3)11-7-8-15(4,13)14/h10-11H,5-9H2,1-4H3. The Morgan fingerprint density at radius 3 is 2.20 bits per heavy atom. The minimum absolute atomic E-state index is 0.218. The van der Waals surface area contributed by atoms with Crippen LogP contribution in [0, 0.1) is 0 Å². The highest BCUT2D eigenvalue weighted by atomic mass is 32.2. The van der Waals surface area contributed by atoms with Crippen molar-refractivity contribution in [2.45, 2.75) is 26.8 Å². The molecule has 1 N–H and O–H groups in total. The highest BCUT2D eigenvalue weighted by molar-refractivity contribution is 7.90. The van der Waals surface area contributed by atoms with Gasteiger partial charge in [-0.15, -0.1) is 0 Å². The van der Waals surface area contributed by atoms with Gasteiger partial charge in [0.25, 0.3) is 0 Å². The van der Waals surface area contributed by atoms with Gasteiger partial charge in [-0.25, -0.2) is 8.42 Å². The zero-order chi connectivity index (χ0) is 11.9. The number of hydrogen-bond acceptors (Lipinski definition) is 4. The molecule has 0 aliphatic rings. The van der Waals surface area contributed by atoms with Gasteiger partial charge < -0.3 is 10.2 Å². The number of sulfone groups is 1. The third-order valence-electron chi connectivity index (χ3n) is 2.39. The Balaban J connectivity index is 3.70. The highest BCUT2D eigenvalue weighted by Crippen LogP contribution is 1.91. The fourth-order valence-electron chi connectivity index (χ4n) is 1.42. The summed E-state index contributed by atoms with van der Waals surface area (Å²) in [6.07, 6.45) is 1.27. The minimum Gasteiger partial charge on any atom is -0.312 e. The highest BCUT2D eigenvalue weighted by Gasteiger charge is 2.07. The van der Waals surface area contributed by atoms with Gasteiger partial charge in [0.05, 0.1) is 5.75 Å². The third kappa shape index (κ3) is 8.84. The smallest absolute Gasteiger partial charge is 0.148 e. The van der Waals surface area contributed by atoms with E-state index in [2.05, 4.69) is 31.0 Å². The zero-order valence-corrected chi connectivity index (χ0v) is 11.1. The van der Waals surface area contributed by atoms with Crippen molar-refractivity contribution in [1.82, 2.24) is 10.2 Å². The molecule has 1 atom stereocenters. The number of likely N-dealkylation sites (N-methyl/N-ethyl adjacent to an activating group) is 1. The van der Waals surface area contributed by atoms with E-state index in [0.29, 0.717) is 12.6 Å². The van der Waals surface area contributed by atoms with Crippen LogP contribution in [0.1, 0.15) is 20.8 Å². The Labute approximate surface area is 94.0 Å². The molecule has 0 rings (SSSR count). The summed E-state index contributed by atoms with van der Waals surface area (Å²) in [4.78, 5) is 2.32. The van der Waals surface area contributed by atoms with E-state index in [1.807, 2.05) is 0 Å². The largest absolute Gasteiger partial charge is 0.312 e. The van der Waals surface area contributed by atoms with Gasteiger partial charge in [0, 0.05) is 25.4 Å². The van der Waals surface area contributed by atoms with Gasteiger partial charge in [-0.05, 0) is 20.0 Å². The predicted molar refractivity (Wildman–Crippen MR) is 65.0 cm³/mol. The SMILES string of the molecule is CCN(CC)CC(C)NCCS(C)(=O)=O. The summed E-state index contributed by atoms with van der Waals surface area (Å²) in [6, 6.07) is 0.339. The van der Waals surface area contributed by atoms with Crippen LogP contribution in [0.25, 0.3) is 0 Å². The molecule has 0 amide bonds. The van der Waals surface area contributed by atoms with Crippen molar-refractivity contribution >= 4 is 9.84 Å². The Hall–Kier alpha value is -0.130. The van der Waals surface area contributed by atoms with E-state index in [-0.39, 0.29) is 5.75 Å². The first-order chi connectivity index (χ1) is 6.89. The van der Waals surface area contributed by atoms with Crippen LogP contribution < -0.4 is 5.32 Å². The molecule has 1 unspecified atom stereocenters. The van der Waals surface area contributed by atoms with Crippen molar-refractivity contribution in [2.24, 2.45) is 0 Å². The van der Waals surface area contributed by atoms with E-state index in [9.17, 15) is 8.42 Å². The molecule has 92 valence electrons. The Bertz CT molecular complexity index is 248. The van der Waals surface area contributed by atoms with Gasteiger partial charge in [0.15, 0.2) is 0 Å². The second kappa shape index (κ2) is 7.19. The van der Waals surface area contributed by atoms with E-state index in [4.69, 9.17) is 0 Å². The second-order valence-corrected chi connectivity index (χ2v) is 6.23. The van der Waals surface area contributed by atoms with Crippen molar-refractivity contribution in [3.05, 3.63) is 0 Å². The molecule has 4 nitrogen and oxygen atoms in total. The van der Waals surface area contributed by atoms with Gasteiger partial charge in [-0.1, -0.05) is 13.8 Å². The molecule has 5 heteroatoms. The van der Waals surface area contributed by atoms with Crippen molar-refractivity contribution in [2.75, 3.05) is 38.2 Å². The summed E-state index contributed by atoms with van der Waals surface area (Å²) in [7, 11) is -2.84. The molecule has 0 spiro atoms. The van der Waals surface area contributed by atoms with Crippen molar-refractivity contribution in [1.29, 1.82) is 0 Å². The van der Waals surface area contributed by atoms with E-state index in [0.717, 1.165) is 19.6 Å². The molecule has 0 aromatic carbocycles. The van der Waals surface area contributed by atoms with Crippen LogP contribution in [0.4, 0.5) is 0 Å². The maximum Gasteiger partial charge on any atom is 0.148 e. The van der Waals surface area contributed by atoms with Crippen molar-refractivity contribution in [3.63, 3.8) is 0 Å². The molecule has 0 aromatic heterocycles. The lowest BCUT2D eigenvalue weighted by molar-refractivity contribution is 0.273. The molecule has 0 fully saturated rings. The molecule has 15 heavy (non-hydrogen) atoms. The molecule has 0 heterocycles. The van der Waals surface area contributed by atoms with Crippen molar-refractivity contribution in [3.8, 4) is 0 Å². The average Bonchev–Trinajstić information content (AvgIpc) is 2.12. The topological polar surface area (TPSA) is 49.4 Å². The summed E-state index contributed by atoms with van der Waals surface area (Å²) in [5.41, 5.74) is 0. The Morgan fingerprint density at radius 2 is 1.80 bits per heavy atom. The fraction of sp³-hybridized carbons (Fsp3) is 1.00. The molecule has 0 bridgehead atoms. The number of rotatable bonds is 8. The number of hydrogen-bond donors (Lipinski definition) is 1. The normalized spacial score (nSPS) is 14.5. The summed E-state index contributed by atoms with van der Waals surface area (Å²) in [5, 5.41) is 3.22. The van der Waals surface area contributed by atoms with Crippen LogP contribution >= 0.6 is 0 Å². The van der Waals surface area contributed by atoms with E-state index < -0.39 is 9.84 Å². The Morgan fingerprint density at radius 1 is 1.27 bits per heavy atom. The lowest BCUT2D eigenvalue weighted by Crippen LogP contribution is -2.40. The third-order valence-corrected chi connectivity index (χ3v) is 3.34.